The van der Waals surface area contributed by atoms with Crippen molar-refractivity contribution >= 4 is 0 Å². The van der Waals surface area contributed by atoms with Gasteiger partial charge in [-0.25, -0.2) is 4.39 Å². The summed E-state index contributed by atoms with van der Waals surface area (Å²) in [4.78, 5) is 0. The van der Waals surface area contributed by atoms with Gasteiger partial charge in [-0.15, -0.1) is 0 Å². The van der Waals surface area contributed by atoms with Crippen molar-refractivity contribution in [3.05, 3.63) is 0 Å². The summed E-state index contributed by atoms with van der Waals surface area (Å²) in [5, 5.41) is 8.22. The zero-order valence-electron chi connectivity index (χ0n) is 4.35. The SMILES string of the molecule is OC1OCC(F)C1(F)F. The van der Waals surface area contributed by atoms with E-state index in [0.29, 0.717) is 0 Å². The van der Waals surface area contributed by atoms with Gasteiger partial charge in [0, 0.05) is 0 Å². The molecule has 0 aliphatic carbocycles. The number of rotatable bonds is 0. The van der Waals surface area contributed by atoms with Crippen LogP contribution in [0.2, 0.25) is 0 Å². The van der Waals surface area contributed by atoms with E-state index in [9.17, 15) is 13.2 Å². The third-order valence-corrected chi connectivity index (χ3v) is 1.15. The minimum absolute atomic E-state index is 0.728. The van der Waals surface area contributed by atoms with Crippen LogP contribution >= 0.6 is 0 Å². The molecule has 0 bridgehead atoms. The fourth-order valence-corrected chi connectivity index (χ4v) is 0.553. The molecule has 2 atom stereocenters. The molecule has 5 heteroatoms. The maximum Gasteiger partial charge on any atom is 0.330 e. The maximum atomic E-state index is 12.0. The second-order valence-electron chi connectivity index (χ2n) is 1.83. The van der Waals surface area contributed by atoms with Gasteiger partial charge in [-0.1, -0.05) is 0 Å². The fraction of sp³-hybridized carbons (Fsp3) is 1.00. The van der Waals surface area contributed by atoms with E-state index in [0.717, 1.165) is 0 Å². The molecular formula is C4H5F3O2. The smallest absolute Gasteiger partial charge is 0.330 e. The van der Waals surface area contributed by atoms with E-state index in [1.54, 1.807) is 0 Å². The first-order chi connectivity index (χ1) is 4.05. The number of aliphatic hydroxyl groups is 1. The highest BCUT2D eigenvalue weighted by Gasteiger charge is 2.53. The predicted molar refractivity (Wildman–Crippen MR) is 21.8 cm³/mol. The van der Waals surface area contributed by atoms with Crippen LogP contribution in [0.4, 0.5) is 13.2 Å². The summed E-state index contributed by atoms with van der Waals surface area (Å²) >= 11 is 0. The summed E-state index contributed by atoms with van der Waals surface area (Å²) in [5.41, 5.74) is 0. The molecule has 1 heterocycles. The van der Waals surface area contributed by atoms with Gasteiger partial charge in [-0.3, -0.25) is 0 Å². The molecule has 2 nitrogen and oxygen atoms in total. The molecule has 0 aromatic carbocycles. The van der Waals surface area contributed by atoms with Crippen LogP contribution in [0.3, 0.4) is 0 Å². The van der Waals surface area contributed by atoms with Crippen LogP contribution in [0.1, 0.15) is 0 Å². The summed E-state index contributed by atoms with van der Waals surface area (Å²) < 4.78 is 39.8. The third kappa shape index (κ3) is 0.900. The first-order valence-electron chi connectivity index (χ1n) is 2.36. The van der Waals surface area contributed by atoms with Crippen LogP contribution < -0.4 is 0 Å². The number of ether oxygens (including phenoxy) is 1. The Morgan fingerprint density at radius 3 is 2.22 bits per heavy atom. The molecule has 1 aliphatic heterocycles. The van der Waals surface area contributed by atoms with E-state index in [1.807, 2.05) is 0 Å². The molecule has 0 spiro atoms. The van der Waals surface area contributed by atoms with Gasteiger partial charge in [0.25, 0.3) is 0 Å². The normalized spacial score (nSPS) is 41.3. The van der Waals surface area contributed by atoms with E-state index < -0.39 is 25.0 Å². The van der Waals surface area contributed by atoms with Gasteiger partial charge in [0.05, 0.1) is 6.61 Å². The standard InChI is InChI=1S/C4H5F3O2/c5-2-1-9-3(8)4(2,6)7/h2-3,8H,1H2. The average Bonchev–Trinajstić information content (AvgIpc) is 1.96. The highest BCUT2D eigenvalue weighted by molar-refractivity contribution is 4.85. The molecule has 1 N–H and O–H groups in total. The second kappa shape index (κ2) is 1.85. The lowest BCUT2D eigenvalue weighted by atomic mass is 10.2. The van der Waals surface area contributed by atoms with Gasteiger partial charge in [-0.2, -0.15) is 8.78 Å². The lowest BCUT2D eigenvalue weighted by molar-refractivity contribution is -0.188. The van der Waals surface area contributed by atoms with Crippen LogP contribution in [-0.2, 0) is 4.74 Å². The minimum Gasteiger partial charge on any atom is -0.363 e. The first kappa shape index (κ1) is 6.82. The summed E-state index contributed by atoms with van der Waals surface area (Å²) in [6, 6.07) is 0. The van der Waals surface area contributed by atoms with Crippen molar-refractivity contribution in [2.24, 2.45) is 0 Å². The highest BCUT2D eigenvalue weighted by Crippen LogP contribution is 2.32. The highest BCUT2D eigenvalue weighted by atomic mass is 19.3. The fourth-order valence-electron chi connectivity index (χ4n) is 0.553. The second-order valence-corrected chi connectivity index (χ2v) is 1.83. The Morgan fingerprint density at radius 1 is 1.56 bits per heavy atom. The molecule has 1 aliphatic rings. The topological polar surface area (TPSA) is 29.5 Å². The summed E-state index contributed by atoms with van der Waals surface area (Å²) in [6.07, 6.45) is -4.64. The van der Waals surface area contributed by atoms with Gasteiger partial charge < -0.3 is 9.84 Å². The van der Waals surface area contributed by atoms with Gasteiger partial charge >= 0.3 is 5.92 Å². The lowest BCUT2D eigenvalue weighted by Crippen LogP contribution is -2.35. The van der Waals surface area contributed by atoms with Gasteiger partial charge in [-0.05, 0) is 0 Å². The molecule has 9 heavy (non-hydrogen) atoms. The van der Waals surface area contributed by atoms with Crippen LogP contribution in [0.25, 0.3) is 0 Å². The Hall–Kier alpha value is -0.290. The molecular weight excluding hydrogens is 137 g/mol. The van der Waals surface area contributed by atoms with Gasteiger partial charge in [0.1, 0.15) is 0 Å². The quantitative estimate of drug-likeness (QED) is 0.527. The third-order valence-electron chi connectivity index (χ3n) is 1.15. The summed E-state index contributed by atoms with van der Waals surface area (Å²) in [6.45, 7) is -0.728. The number of aliphatic hydroxyl groups excluding tert-OH is 1. The molecule has 0 saturated carbocycles. The molecule has 0 aromatic heterocycles. The minimum atomic E-state index is -3.72. The molecule has 1 fully saturated rings. The van der Waals surface area contributed by atoms with Crippen LogP contribution in [0.15, 0.2) is 0 Å². The Labute approximate surface area is 49.2 Å². The van der Waals surface area contributed by atoms with Crippen molar-refractivity contribution in [2.45, 2.75) is 18.4 Å². The van der Waals surface area contributed by atoms with E-state index in [1.165, 1.54) is 0 Å². The molecule has 0 aromatic rings. The molecule has 2 unspecified atom stereocenters. The Bertz CT molecular complexity index is 104. The van der Waals surface area contributed by atoms with E-state index in [2.05, 4.69) is 4.74 Å². The predicted octanol–water partition coefficient (Wildman–Crippen LogP) is 0.308. The summed E-state index contributed by atoms with van der Waals surface area (Å²) in [5.74, 6) is -3.72. The number of halogens is 3. The summed E-state index contributed by atoms with van der Waals surface area (Å²) in [7, 11) is 0. The monoisotopic (exact) mass is 142 g/mol. The maximum absolute atomic E-state index is 12.0. The van der Waals surface area contributed by atoms with E-state index in [4.69, 9.17) is 5.11 Å². The lowest BCUT2D eigenvalue weighted by Gasteiger charge is -2.12. The van der Waals surface area contributed by atoms with Crippen molar-refractivity contribution in [3.63, 3.8) is 0 Å². The Kier molecular flexibility index (Phi) is 1.40. The Morgan fingerprint density at radius 2 is 2.11 bits per heavy atom. The van der Waals surface area contributed by atoms with Crippen LogP contribution in [0, 0.1) is 0 Å². The van der Waals surface area contributed by atoms with Gasteiger partial charge in [0.2, 0.25) is 6.29 Å². The van der Waals surface area contributed by atoms with Crippen LogP contribution in [0.5, 0.6) is 0 Å². The zero-order valence-corrected chi connectivity index (χ0v) is 4.35. The van der Waals surface area contributed by atoms with E-state index >= 15 is 0 Å². The van der Waals surface area contributed by atoms with Crippen LogP contribution in [-0.4, -0.2) is 30.1 Å². The molecule has 1 rings (SSSR count). The van der Waals surface area contributed by atoms with Gasteiger partial charge in [0.15, 0.2) is 6.17 Å². The largest absolute Gasteiger partial charge is 0.363 e. The van der Waals surface area contributed by atoms with E-state index in [-0.39, 0.29) is 0 Å². The number of hydrogen-bond acceptors (Lipinski definition) is 2. The first-order valence-corrected chi connectivity index (χ1v) is 2.36. The average molecular weight is 142 g/mol. The van der Waals surface area contributed by atoms with Crippen molar-refractivity contribution in [2.75, 3.05) is 6.61 Å². The number of hydrogen-bond donors (Lipinski definition) is 1. The van der Waals surface area contributed by atoms with Crippen molar-refractivity contribution < 1.29 is 23.0 Å². The number of alkyl halides is 3. The molecule has 54 valence electrons. The zero-order chi connectivity index (χ0) is 7.07. The Balaban J connectivity index is 2.66. The van der Waals surface area contributed by atoms with Crippen molar-refractivity contribution in [3.8, 4) is 0 Å². The molecule has 0 radical (unpaired) electrons. The van der Waals surface area contributed by atoms with Crippen molar-refractivity contribution in [1.82, 2.24) is 0 Å². The molecule has 1 saturated heterocycles. The molecule has 0 amide bonds. The van der Waals surface area contributed by atoms with Crippen molar-refractivity contribution in [1.29, 1.82) is 0 Å².